The van der Waals surface area contributed by atoms with Gasteiger partial charge in [-0.2, -0.15) is 5.10 Å². The van der Waals surface area contributed by atoms with E-state index in [0.717, 1.165) is 37.3 Å². The molecule has 16 heavy (non-hydrogen) atoms. The first-order valence-corrected chi connectivity index (χ1v) is 5.93. The number of nitrogens with one attached hydrogen (secondary N) is 1. The van der Waals surface area contributed by atoms with Crippen LogP contribution in [0.4, 0.5) is 0 Å². The molecule has 1 fully saturated rings. The summed E-state index contributed by atoms with van der Waals surface area (Å²) < 4.78 is 1.76. The average Bonchev–Trinajstić information content (AvgIpc) is 2.69. The highest BCUT2D eigenvalue weighted by molar-refractivity contribution is 6.34. The van der Waals surface area contributed by atoms with Crippen LogP contribution in [-0.4, -0.2) is 27.7 Å². The first kappa shape index (κ1) is 10.1. The third-order valence-corrected chi connectivity index (χ3v) is 3.45. The maximum absolute atomic E-state index is 6.32. The van der Waals surface area contributed by atoms with E-state index < -0.39 is 0 Å². The average molecular weight is 237 g/mol. The lowest BCUT2D eigenvalue weighted by molar-refractivity contribution is 0.452. The van der Waals surface area contributed by atoms with Gasteiger partial charge in [-0.05, 0) is 32.0 Å². The van der Waals surface area contributed by atoms with E-state index in [0.29, 0.717) is 10.9 Å². The zero-order chi connectivity index (χ0) is 11.0. The largest absolute Gasteiger partial charge is 0.317 e. The minimum Gasteiger partial charge on any atom is -0.317 e. The van der Waals surface area contributed by atoms with Crippen LogP contribution in [-0.2, 0) is 0 Å². The summed E-state index contributed by atoms with van der Waals surface area (Å²) in [4.78, 5) is 4.25. The monoisotopic (exact) mass is 236 g/mol. The van der Waals surface area contributed by atoms with Crippen LogP contribution in [0.25, 0.3) is 5.65 Å². The molecule has 0 bridgehead atoms. The number of aromatic nitrogens is 3. The minimum absolute atomic E-state index is 0.468. The van der Waals surface area contributed by atoms with E-state index >= 15 is 0 Å². The van der Waals surface area contributed by atoms with Crippen LogP contribution in [0.15, 0.2) is 18.5 Å². The molecule has 1 N–H and O–H groups in total. The normalized spacial score (nSPS) is 18.1. The highest BCUT2D eigenvalue weighted by Gasteiger charge is 2.22. The molecule has 84 valence electrons. The Bertz CT molecular complexity index is 502. The fourth-order valence-electron chi connectivity index (χ4n) is 2.23. The van der Waals surface area contributed by atoms with Gasteiger partial charge in [0.05, 0.1) is 5.69 Å². The number of halogens is 1. The van der Waals surface area contributed by atoms with Gasteiger partial charge in [-0.3, -0.25) is 0 Å². The predicted molar refractivity (Wildman–Crippen MR) is 62.8 cm³/mol. The maximum Gasteiger partial charge on any atom is 0.174 e. The molecule has 0 aromatic carbocycles. The number of hydrogen-bond donors (Lipinski definition) is 1. The number of rotatable bonds is 1. The summed E-state index contributed by atoms with van der Waals surface area (Å²) in [6.07, 6.45) is 5.83. The number of fused-ring (bicyclic) bond motifs is 1. The zero-order valence-electron chi connectivity index (χ0n) is 8.86. The van der Waals surface area contributed by atoms with Crippen molar-refractivity contribution in [2.75, 3.05) is 13.1 Å². The highest BCUT2D eigenvalue weighted by atomic mass is 35.5. The van der Waals surface area contributed by atoms with Gasteiger partial charge in [-0.1, -0.05) is 11.6 Å². The molecular weight excluding hydrogens is 224 g/mol. The molecule has 0 amide bonds. The van der Waals surface area contributed by atoms with Gasteiger partial charge in [-0.25, -0.2) is 9.50 Å². The van der Waals surface area contributed by atoms with Gasteiger partial charge in [0.2, 0.25) is 0 Å². The Balaban J connectivity index is 2.05. The first-order valence-electron chi connectivity index (χ1n) is 5.56. The molecule has 0 spiro atoms. The Morgan fingerprint density at radius 1 is 1.38 bits per heavy atom. The molecule has 2 aromatic rings. The van der Waals surface area contributed by atoms with Crippen molar-refractivity contribution < 1.29 is 0 Å². The topological polar surface area (TPSA) is 42.2 Å². The lowest BCUT2D eigenvalue weighted by Crippen LogP contribution is -2.26. The van der Waals surface area contributed by atoms with Crippen LogP contribution in [0, 0.1) is 0 Å². The molecule has 3 heterocycles. The van der Waals surface area contributed by atoms with E-state index in [1.54, 1.807) is 10.7 Å². The molecule has 0 atom stereocenters. The van der Waals surface area contributed by atoms with E-state index in [2.05, 4.69) is 15.4 Å². The lowest BCUT2D eigenvalue weighted by Gasteiger charge is -2.20. The number of nitrogens with zero attached hydrogens (tertiary/aromatic N) is 3. The Morgan fingerprint density at radius 3 is 2.94 bits per heavy atom. The van der Waals surface area contributed by atoms with Crippen molar-refractivity contribution in [2.24, 2.45) is 0 Å². The smallest absolute Gasteiger partial charge is 0.174 e. The van der Waals surface area contributed by atoms with Crippen LogP contribution in [0.3, 0.4) is 0 Å². The summed E-state index contributed by atoms with van der Waals surface area (Å²) in [7, 11) is 0. The van der Waals surface area contributed by atoms with Crippen molar-refractivity contribution in [3.05, 3.63) is 29.2 Å². The number of hydrogen-bond acceptors (Lipinski definition) is 3. The van der Waals surface area contributed by atoms with Crippen LogP contribution in [0.2, 0.25) is 5.02 Å². The summed E-state index contributed by atoms with van der Waals surface area (Å²) in [5.41, 5.74) is 1.76. The molecule has 0 aliphatic carbocycles. The third-order valence-electron chi connectivity index (χ3n) is 3.09. The Labute approximate surface area is 98.6 Å². The third kappa shape index (κ3) is 1.58. The van der Waals surface area contributed by atoms with Crippen LogP contribution >= 0.6 is 11.6 Å². The van der Waals surface area contributed by atoms with Gasteiger partial charge in [0.1, 0.15) is 5.02 Å². The highest BCUT2D eigenvalue weighted by Crippen LogP contribution is 2.31. The van der Waals surface area contributed by atoms with Gasteiger partial charge in [-0.15, -0.1) is 0 Å². The van der Waals surface area contributed by atoms with Gasteiger partial charge in [0.15, 0.2) is 5.65 Å². The van der Waals surface area contributed by atoms with E-state index in [1.807, 2.05) is 12.3 Å². The van der Waals surface area contributed by atoms with Crippen LogP contribution in [0.1, 0.15) is 24.5 Å². The van der Waals surface area contributed by atoms with Gasteiger partial charge >= 0.3 is 0 Å². The van der Waals surface area contributed by atoms with E-state index in [-0.39, 0.29) is 0 Å². The molecular formula is C11H13ClN4. The maximum atomic E-state index is 6.32. The van der Waals surface area contributed by atoms with Crippen molar-refractivity contribution in [1.29, 1.82) is 0 Å². The standard InChI is InChI=1S/C11H13ClN4/c12-9-10(8-2-5-13-6-3-8)15-16-7-1-4-14-11(9)16/h1,4,7-8,13H,2-3,5-6H2. The Kier molecular flexibility index (Phi) is 2.53. The SMILES string of the molecule is Clc1c(C2CCNCC2)nn2cccnc12. The van der Waals surface area contributed by atoms with Crippen LogP contribution in [0.5, 0.6) is 0 Å². The van der Waals surface area contributed by atoms with E-state index in [9.17, 15) is 0 Å². The Morgan fingerprint density at radius 2 is 2.19 bits per heavy atom. The Hall–Kier alpha value is -1.13. The van der Waals surface area contributed by atoms with E-state index in [1.165, 1.54) is 0 Å². The fraction of sp³-hybridized carbons (Fsp3) is 0.455. The van der Waals surface area contributed by atoms with E-state index in [4.69, 9.17) is 11.6 Å². The zero-order valence-corrected chi connectivity index (χ0v) is 9.61. The molecule has 0 radical (unpaired) electrons. The molecule has 1 aliphatic rings. The van der Waals surface area contributed by atoms with Crippen LogP contribution < -0.4 is 5.32 Å². The second-order valence-electron chi connectivity index (χ2n) is 4.11. The van der Waals surface area contributed by atoms with Gasteiger partial charge in [0.25, 0.3) is 0 Å². The lowest BCUT2D eigenvalue weighted by atomic mass is 9.95. The summed E-state index contributed by atoms with van der Waals surface area (Å²) in [5, 5.41) is 8.59. The second kappa shape index (κ2) is 4.03. The molecule has 3 rings (SSSR count). The predicted octanol–water partition coefficient (Wildman–Crippen LogP) is 1.85. The minimum atomic E-state index is 0.468. The molecule has 0 unspecified atom stereocenters. The summed E-state index contributed by atoms with van der Waals surface area (Å²) in [5.74, 6) is 0.468. The summed E-state index contributed by atoms with van der Waals surface area (Å²) in [6, 6.07) is 1.86. The molecule has 1 saturated heterocycles. The molecule has 4 nitrogen and oxygen atoms in total. The quantitative estimate of drug-likeness (QED) is 0.822. The fourth-order valence-corrected chi connectivity index (χ4v) is 2.56. The number of piperidine rings is 1. The van der Waals surface area contributed by atoms with Gasteiger partial charge < -0.3 is 5.32 Å². The molecule has 5 heteroatoms. The van der Waals surface area contributed by atoms with Crippen molar-refractivity contribution >= 4 is 17.2 Å². The summed E-state index contributed by atoms with van der Waals surface area (Å²) >= 11 is 6.32. The van der Waals surface area contributed by atoms with Crippen molar-refractivity contribution in [3.8, 4) is 0 Å². The first-order chi connectivity index (χ1) is 7.86. The van der Waals surface area contributed by atoms with Crippen molar-refractivity contribution in [2.45, 2.75) is 18.8 Å². The molecule has 2 aromatic heterocycles. The van der Waals surface area contributed by atoms with Crippen molar-refractivity contribution in [3.63, 3.8) is 0 Å². The van der Waals surface area contributed by atoms with Gasteiger partial charge in [0, 0.05) is 18.3 Å². The second-order valence-corrected chi connectivity index (χ2v) is 4.49. The summed E-state index contributed by atoms with van der Waals surface area (Å²) in [6.45, 7) is 2.09. The molecule has 1 aliphatic heterocycles. The van der Waals surface area contributed by atoms with Crippen molar-refractivity contribution in [1.82, 2.24) is 19.9 Å². The molecule has 0 saturated carbocycles.